The minimum absolute atomic E-state index is 0.0295. The van der Waals surface area contributed by atoms with E-state index in [1.165, 1.54) is 5.56 Å². The van der Waals surface area contributed by atoms with E-state index in [1.807, 2.05) is 25.2 Å². The summed E-state index contributed by atoms with van der Waals surface area (Å²) in [6, 6.07) is 12.1. The highest BCUT2D eigenvalue weighted by molar-refractivity contribution is 5.77. The van der Waals surface area contributed by atoms with E-state index in [1.54, 1.807) is 11.8 Å². The molecule has 202 valence electrons. The number of nitroso groups, excluding NO2 is 1. The van der Waals surface area contributed by atoms with Crippen LogP contribution in [0.1, 0.15) is 67.6 Å². The highest BCUT2D eigenvalue weighted by Gasteiger charge is 2.25. The Kier molecular flexibility index (Phi) is 8.44. The maximum atomic E-state index is 12.1. The highest BCUT2D eigenvalue weighted by Crippen LogP contribution is 2.36. The second-order valence-corrected chi connectivity index (χ2v) is 10.8. The van der Waals surface area contributed by atoms with Gasteiger partial charge in [0.15, 0.2) is 0 Å². The third-order valence-corrected chi connectivity index (χ3v) is 6.96. The van der Waals surface area contributed by atoms with Crippen LogP contribution in [0.15, 0.2) is 41.6 Å². The Morgan fingerprint density at radius 1 is 1.18 bits per heavy atom. The fraction of sp³-hybridized carbons (Fsp3) is 0.483. The number of carbonyl (C=O) groups excluding carboxylic acids is 1. The number of hydrogen-bond donors (Lipinski definition) is 1. The molecule has 3 aromatic rings. The predicted molar refractivity (Wildman–Crippen MR) is 147 cm³/mol. The minimum Gasteiger partial charge on any atom is -0.496 e. The summed E-state index contributed by atoms with van der Waals surface area (Å²) in [5.41, 5.74) is 4.88. The molecule has 0 aliphatic carbocycles. The topological polar surface area (TPSA) is 108 Å². The van der Waals surface area contributed by atoms with E-state index >= 15 is 0 Å². The van der Waals surface area contributed by atoms with Gasteiger partial charge in [-0.1, -0.05) is 39.0 Å². The number of carbonyl (C=O) groups is 1. The molecule has 0 saturated carbocycles. The summed E-state index contributed by atoms with van der Waals surface area (Å²) in [5.74, 6) is 1.25. The van der Waals surface area contributed by atoms with Crippen LogP contribution < -0.4 is 14.8 Å². The van der Waals surface area contributed by atoms with Gasteiger partial charge in [-0.15, -0.1) is 4.91 Å². The number of methoxy groups -OCH3 is 1. The van der Waals surface area contributed by atoms with Gasteiger partial charge in [-0.2, -0.15) is 5.10 Å². The van der Waals surface area contributed by atoms with E-state index in [0.29, 0.717) is 31.1 Å². The molecule has 0 fully saturated rings. The van der Waals surface area contributed by atoms with Crippen molar-refractivity contribution in [1.29, 1.82) is 0 Å². The molecule has 2 aromatic heterocycles. The number of benzene rings is 1. The third kappa shape index (κ3) is 6.57. The number of aryl methyl sites for hydroxylation is 2. The van der Waals surface area contributed by atoms with Crippen molar-refractivity contribution >= 4 is 11.7 Å². The van der Waals surface area contributed by atoms with Crippen molar-refractivity contribution < 1.29 is 14.3 Å². The number of nitrogens with one attached hydrogen (secondary N) is 1. The summed E-state index contributed by atoms with van der Waals surface area (Å²) in [6.07, 6.45) is 3.27. The Balaban J connectivity index is 1.49. The molecular weight excluding hydrogens is 482 g/mol. The molecule has 1 unspecified atom stereocenters. The number of ether oxygens (including phenoxy) is 2. The van der Waals surface area contributed by atoms with Crippen LogP contribution in [0, 0.1) is 4.91 Å². The van der Waals surface area contributed by atoms with Gasteiger partial charge in [0.25, 0.3) is 5.91 Å². The van der Waals surface area contributed by atoms with Gasteiger partial charge < -0.3 is 14.8 Å². The van der Waals surface area contributed by atoms with Crippen LogP contribution in [0.2, 0.25) is 0 Å². The first kappa shape index (κ1) is 27.3. The first-order valence-corrected chi connectivity index (χ1v) is 13.1. The average Bonchev–Trinajstić information content (AvgIpc) is 3.25. The molecule has 4 rings (SSSR count). The van der Waals surface area contributed by atoms with Crippen LogP contribution in [-0.4, -0.2) is 40.9 Å². The number of nitrogens with zero attached hydrogens (tertiary/aromatic N) is 4. The molecule has 1 N–H and O–H groups in total. The predicted octanol–water partition coefficient (Wildman–Crippen LogP) is 5.11. The summed E-state index contributed by atoms with van der Waals surface area (Å²) in [6.45, 7) is 7.81. The number of amides is 1. The van der Waals surface area contributed by atoms with Crippen molar-refractivity contribution in [2.75, 3.05) is 25.6 Å². The zero-order chi connectivity index (χ0) is 27.3. The molecule has 1 aliphatic rings. The molecule has 3 heterocycles. The van der Waals surface area contributed by atoms with Crippen LogP contribution >= 0.6 is 0 Å². The second-order valence-electron chi connectivity index (χ2n) is 10.8. The standard InChI is InChI=1S/C29H37N5O4/c1-29(2,3)21-9-11-25(37-5)24(17-21)20(16-26(35)33-36)15-23-18-27(34(4)32-23)38-14-12-22-10-8-19-7-6-13-30-28(19)31-22/h8-11,17-18,20H,6-7,12-16H2,1-5H3,(H,30,31). The molecule has 1 amide bonds. The van der Waals surface area contributed by atoms with Gasteiger partial charge in [0.2, 0.25) is 5.88 Å². The summed E-state index contributed by atoms with van der Waals surface area (Å²) >= 11 is 0. The lowest BCUT2D eigenvalue weighted by Crippen LogP contribution is -2.15. The largest absolute Gasteiger partial charge is 0.496 e. The molecule has 1 aromatic carbocycles. The number of pyridine rings is 1. The lowest BCUT2D eigenvalue weighted by Gasteiger charge is -2.24. The summed E-state index contributed by atoms with van der Waals surface area (Å²) in [7, 11) is 3.43. The molecule has 0 bridgehead atoms. The molecule has 38 heavy (non-hydrogen) atoms. The van der Waals surface area contributed by atoms with Crippen LogP contribution in [0.4, 0.5) is 5.82 Å². The lowest BCUT2D eigenvalue weighted by molar-refractivity contribution is -0.118. The van der Waals surface area contributed by atoms with E-state index in [2.05, 4.69) is 54.6 Å². The van der Waals surface area contributed by atoms with Gasteiger partial charge in [0.1, 0.15) is 11.6 Å². The van der Waals surface area contributed by atoms with E-state index in [4.69, 9.17) is 14.5 Å². The normalized spacial score (nSPS) is 13.8. The Labute approximate surface area is 223 Å². The van der Waals surface area contributed by atoms with Crippen LogP contribution in [0.25, 0.3) is 0 Å². The zero-order valence-corrected chi connectivity index (χ0v) is 22.9. The van der Waals surface area contributed by atoms with Gasteiger partial charge >= 0.3 is 0 Å². The van der Waals surface area contributed by atoms with E-state index in [0.717, 1.165) is 47.7 Å². The van der Waals surface area contributed by atoms with Crippen LogP contribution in [-0.2, 0) is 36.5 Å². The van der Waals surface area contributed by atoms with Gasteiger partial charge in [-0.05, 0) is 53.5 Å². The van der Waals surface area contributed by atoms with Crippen molar-refractivity contribution in [2.45, 2.75) is 64.2 Å². The fourth-order valence-corrected chi connectivity index (χ4v) is 4.82. The molecule has 1 atom stereocenters. The number of anilines is 1. The summed E-state index contributed by atoms with van der Waals surface area (Å²) in [4.78, 5) is 27.9. The van der Waals surface area contributed by atoms with E-state index in [-0.39, 0.29) is 17.8 Å². The molecule has 0 radical (unpaired) electrons. The summed E-state index contributed by atoms with van der Waals surface area (Å²) in [5, 5.41) is 10.6. The van der Waals surface area contributed by atoms with Gasteiger partial charge in [-0.3, -0.25) is 4.79 Å². The van der Waals surface area contributed by atoms with Crippen molar-refractivity contribution in [3.8, 4) is 11.6 Å². The lowest BCUT2D eigenvalue weighted by atomic mass is 9.82. The van der Waals surface area contributed by atoms with Crippen molar-refractivity contribution in [1.82, 2.24) is 14.8 Å². The quantitative estimate of drug-likeness (QED) is 0.371. The van der Waals surface area contributed by atoms with Crippen molar-refractivity contribution in [2.24, 2.45) is 12.2 Å². The van der Waals surface area contributed by atoms with E-state index in [9.17, 15) is 9.70 Å². The molecule has 1 aliphatic heterocycles. The number of hydrogen-bond acceptors (Lipinski definition) is 7. The zero-order valence-electron chi connectivity index (χ0n) is 22.9. The Bertz CT molecular complexity index is 1290. The molecule has 9 nitrogen and oxygen atoms in total. The molecular formula is C29H37N5O4. The third-order valence-electron chi connectivity index (χ3n) is 6.96. The van der Waals surface area contributed by atoms with Crippen LogP contribution in [0.5, 0.6) is 11.6 Å². The number of fused-ring (bicyclic) bond motifs is 1. The Morgan fingerprint density at radius 3 is 2.74 bits per heavy atom. The number of rotatable bonds is 10. The van der Waals surface area contributed by atoms with Crippen molar-refractivity contribution in [3.63, 3.8) is 0 Å². The first-order chi connectivity index (χ1) is 18.2. The maximum Gasteiger partial charge on any atom is 0.286 e. The highest BCUT2D eigenvalue weighted by atomic mass is 16.5. The second kappa shape index (κ2) is 11.8. The van der Waals surface area contributed by atoms with Crippen LogP contribution in [0.3, 0.4) is 0 Å². The van der Waals surface area contributed by atoms with E-state index < -0.39 is 5.91 Å². The molecule has 9 heteroatoms. The van der Waals surface area contributed by atoms with Gasteiger partial charge in [-0.25, -0.2) is 9.67 Å². The number of aromatic nitrogens is 3. The Morgan fingerprint density at radius 2 is 2.00 bits per heavy atom. The molecule has 0 spiro atoms. The average molecular weight is 520 g/mol. The fourth-order valence-electron chi connectivity index (χ4n) is 4.82. The SMILES string of the molecule is COc1ccc(C(C)(C)C)cc1C(CC(=O)N=O)Cc1cc(OCCc2ccc3c(n2)NCCC3)n(C)n1. The molecule has 0 saturated heterocycles. The summed E-state index contributed by atoms with van der Waals surface area (Å²) < 4.78 is 13.4. The maximum absolute atomic E-state index is 12.1. The van der Waals surface area contributed by atoms with Crippen molar-refractivity contribution in [3.05, 3.63) is 69.4 Å². The monoisotopic (exact) mass is 519 g/mol. The first-order valence-electron chi connectivity index (χ1n) is 13.1. The van der Waals surface area contributed by atoms with Gasteiger partial charge in [0.05, 0.1) is 19.4 Å². The Hall–Kier alpha value is -3.75. The minimum atomic E-state index is -0.697. The van der Waals surface area contributed by atoms with Gasteiger partial charge in [0, 0.05) is 49.3 Å². The smallest absolute Gasteiger partial charge is 0.286 e.